The molecule has 0 spiro atoms. The van der Waals surface area contributed by atoms with Crippen molar-refractivity contribution in [2.75, 3.05) is 6.54 Å². The molecule has 82 valence electrons. The van der Waals surface area contributed by atoms with Gasteiger partial charge in [0.25, 0.3) is 0 Å². The van der Waals surface area contributed by atoms with Gasteiger partial charge in [-0.25, -0.2) is 4.39 Å². The topological polar surface area (TPSA) is 32.3 Å². The first-order valence-electron chi connectivity index (χ1n) is 5.37. The highest BCUT2D eigenvalue weighted by atomic mass is 19.1. The molecular formula is C12H16FNO. The predicted molar refractivity (Wildman–Crippen MR) is 56.8 cm³/mol. The van der Waals surface area contributed by atoms with E-state index >= 15 is 0 Å². The number of halogens is 1. The molecule has 1 saturated carbocycles. The SMILES string of the molecule is OC1CC(CNCc2cccc(F)c2)C1. The molecule has 0 heterocycles. The van der Waals surface area contributed by atoms with Gasteiger partial charge in [-0.2, -0.15) is 0 Å². The summed E-state index contributed by atoms with van der Waals surface area (Å²) >= 11 is 0. The van der Waals surface area contributed by atoms with Crippen molar-refractivity contribution in [2.45, 2.75) is 25.5 Å². The molecule has 2 N–H and O–H groups in total. The Morgan fingerprint density at radius 1 is 1.40 bits per heavy atom. The monoisotopic (exact) mass is 209 g/mol. The van der Waals surface area contributed by atoms with Gasteiger partial charge in [-0.15, -0.1) is 0 Å². The second kappa shape index (κ2) is 4.73. The molecule has 0 aliphatic heterocycles. The smallest absolute Gasteiger partial charge is 0.123 e. The minimum atomic E-state index is -0.187. The van der Waals surface area contributed by atoms with Crippen LogP contribution in [0.1, 0.15) is 18.4 Å². The van der Waals surface area contributed by atoms with Crippen LogP contribution in [0.3, 0.4) is 0 Å². The molecule has 2 rings (SSSR count). The zero-order valence-corrected chi connectivity index (χ0v) is 8.62. The molecule has 3 heteroatoms. The lowest BCUT2D eigenvalue weighted by molar-refractivity contribution is 0.0430. The Hall–Kier alpha value is -0.930. The third-order valence-electron chi connectivity index (χ3n) is 2.86. The van der Waals surface area contributed by atoms with E-state index in [1.165, 1.54) is 6.07 Å². The van der Waals surface area contributed by atoms with Crippen LogP contribution in [0.25, 0.3) is 0 Å². The molecule has 1 aliphatic rings. The average Bonchev–Trinajstić information content (AvgIpc) is 2.15. The summed E-state index contributed by atoms with van der Waals surface area (Å²) < 4.78 is 12.8. The maximum Gasteiger partial charge on any atom is 0.123 e. The van der Waals surface area contributed by atoms with Crippen LogP contribution in [0.5, 0.6) is 0 Å². The highest BCUT2D eigenvalue weighted by Crippen LogP contribution is 2.26. The number of hydrogen-bond donors (Lipinski definition) is 2. The van der Waals surface area contributed by atoms with E-state index in [0.717, 1.165) is 24.9 Å². The third-order valence-corrected chi connectivity index (χ3v) is 2.86. The van der Waals surface area contributed by atoms with E-state index in [-0.39, 0.29) is 11.9 Å². The third kappa shape index (κ3) is 3.01. The molecule has 0 amide bonds. The molecule has 0 aromatic heterocycles. The molecule has 0 radical (unpaired) electrons. The molecule has 0 unspecified atom stereocenters. The fraction of sp³-hybridized carbons (Fsp3) is 0.500. The van der Waals surface area contributed by atoms with Gasteiger partial charge in [0.2, 0.25) is 0 Å². The van der Waals surface area contributed by atoms with E-state index in [0.29, 0.717) is 12.5 Å². The summed E-state index contributed by atoms with van der Waals surface area (Å²) in [5.74, 6) is 0.405. The Labute approximate surface area is 89.1 Å². The van der Waals surface area contributed by atoms with Crippen molar-refractivity contribution in [1.82, 2.24) is 5.32 Å². The second-order valence-electron chi connectivity index (χ2n) is 4.25. The van der Waals surface area contributed by atoms with Crippen LogP contribution < -0.4 is 5.32 Å². The van der Waals surface area contributed by atoms with E-state index in [1.54, 1.807) is 12.1 Å². The Morgan fingerprint density at radius 3 is 2.87 bits per heavy atom. The van der Waals surface area contributed by atoms with Crippen LogP contribution in [0.2, 0.25) is 0 Å². The van der Waals surface area contributed by atoms with E-state index in [1.807, 2.05) is 6.07 Å². The van der Waals surface area contributed by atoms with E-state index in [4.69, 9.17) is 5.11 Å². The number of aliphatic hydroxyl groups is 1. The minimum Gasteiger partial charge on any atom is -0.393 e. The van der Waals surface area contributed by atoms with Gasteiger partial charge in [0.15, 0.2) is 0 Å². The number of nitrogens with one attached hydrogen (secondary N) is 1. The molecule has 1 aromatic carbocycles. The Balaban J connectivity index is 1.69. The fourth-order valence-electron chi connectivity index (χ4n) is 1.93. The van der Waals surface area contributed by atoms with Crippen LogP contribution in [0.15, 0.2) is 24.3 Å². The van der Waals surface area contributed by atoms with Gasteiger partial charge in [-0.05, 0) is 43.0 Å². The molecule has 0 saturated heterocycles. The number of aliphatic hydroxyl groups excluding tert-OH is 1. The standard InChI is InChI=1S/C12H16FNO/c13-11-3-1-2-9(4-11)7-14-8-10-5-12(15)6-10/h1-4,10,12,14-15H,5-8H2. The van der Waals surface area contributed by atoms with Gasteiger partial charge in [-0.3, -0.25) is 0 Å². The maximum absolute atomic E-state index is 12.8. The van der Waals surface area contributed by atoms with Crippen LogP contribution in [0.4, 0.5) is 4.39 Å². The van der Waals surface area contributed by atoms with Crippen molar-refractivity contribution in [2.24, 2.45) is 5.92 Å². The van der Waals surface area contributed by atoms with Crippen LogP contribution >= 0.6 is 0 Å². The van der Waals surface area contributed by atoms with Gasteiger partial charge in [0.1, 0.15) is 5.82 Å². The van der Waals surface area contributed by atoms with Gasteiger partial charge in [0, 0.05) is 6.54 Å². The van der Waals surface area contributed by atoms with Gasteiger partial charge < -0.3 is 10.4 Å². The Kier molecular flexibility index (Phi) is 3.34. The van der Waals surface area contributed by atoms with Crippen LogP contribution in [-0.2, 0) is 6.54 Å². The zero-order valence-electron chi connectivity index (χ0n) is 8.62. The lowest BCUT2D eigenvalue weighted by atomic mass is 9.82. The van der Waals surface area contributed by atoms with Crippen molar-refractivity contribution in [1.29, 1.82) is 0 Å². The molecule has 2 nitrogen and oxygen atoms in total. The van der Waals surface area contributed by atoms with E-state index in [2.05, 4.69) is 5.32 Å². The van der Waals surface area contributed by atoms with Gasteiger partial charge in [0.05, 0.1) is 6.10 Å². The van der Waals surface area contributed by atoms with Crippen LogP contribution in [-0.4, -0.2) is 17.8 Å². The molecule has 0 bridgehead atoms. The van der Waals surface area contributed by atoms with E-state index in [9.17, 15) is 4.39 Å². The molecule has 0 atom stereocenters. The number of hydrogen-bond acceptors (Lipinski definition) is 2. The first-order chi connectivity index (χ1) is 7.24. The number of rotatable bonds is 4. The molecule has 1 aromatic rings. The van der Waals surface area contributed by atoms with Gasteiger partial charge >= 0.3 is 0 Å². The summed E-state index contributed by atoms with van der Waals surface area (Å²) in [5.41, 5.74) is 0.967. The zero-order chi connectivity index (χ0) is 10.7. The fourth-order valence-corrected chi connectivity index (χ4v) is 1.93. The van der Waals surface area contributed by atoms with Crippen LogP contribution in [0, 0.1) is 11.7 Å². The summed E-state index contributed by atoms with van der Waals surface area (Å²) in [6, 6.07) is 6.62. The maximum atomic E-state index is 12.8. The van der Waals surface area contributed by atoms with Crippen molar-refractivity contribution in [3.05, 3.63) is 35.6 Å². The summed E-state index contributed by atoms with van der Waals surface area (Å²) in [6.45, 7) is 1.61. The van der Waals surface area contributed by atoms with Crippen molar-refractivity contribution in [3.8, 4) is 0 Å². The Morgan fingerprint density at radius 2 is 2.20 bits per heavy atom. The first kappa shape index (κ1) is 10.6. The average molecular weight is 209 g/mol. The van der Waals surface area contributed by atoms with Crippen molar-refractivity contribution >= 4 is 0 Å². The number of benzene rings is 1. The quantitative estimate of drug-likeness (QED) is 0.791. The largest absolute Gasteiger partial charge is 0.393 e. The van der Waals surface area contributed by atoms with Crippen molar-refractivity contribution < 1.29 is 9.50 Å². The first-order valence-corrected chi connectivity index (χ1v) is 5.37. The molecular weight excluding hydrogens is 193 g/mol. The van der Waals surface area contributed by atoms with E-state index < -0.39 is 0 Å². The molecule has 1 aliphatic carbocycles. The normalized spacial score (nSPS) is 24.9. The predicted octanol–water partition coefficient (Wildman–Crippen LogP) is 1.69. The summed E-state index contributed by atoms with van der Waals surface area (Å²) in [7, 11) is 0. The second-order valence-corrected chi connectivity index (χ2v) is 4.25. The summed E-state index contributed by atoms with van der Waals surface area (Å²) in [4.78, 5) is 0. The minimum absolute atomic E-state index is 0.0917. The summed E-state index contributed by atoms with van der Waals surface area (Å²) in [5, 5.41) is 12.4. The van der Waals surface area contributed by atoms with Crippen molar-refractivity contribution in [3.63, 3.8) is 0 Å². The summed E-state index contributed by atoms with van der Waals surface area (Å²) in [6.07, 6.45) is 1.71. The Bertz CT molecular complexity index is 323. The highest BCUT2D eigenvalue weighted by Gasteiger charge is 2.26. The lowest BCUT2D eigenvalue weighted by Crippen LogP contribution is -2.35. The molecule has 1 fully saturated rings. The van der Waals surface area contributed by atoms with Gasteiger partial charge in [-0.1, -0.05) is 12.1 Å². The highest BCUT2D eigenvalue weighted by molar-refractivity contribution is 5.15. The molecule has 15 heavy (non-hydrogen) atoms. The lowest BCUT2D eigenvalue weighted by Gasteiger charge is -2.31.